The minimum atomic E-state index is -3.88. The van der Waals surface area contributed by atoms with Crippen molar-refractivity contribution >= 4 is 33.2 Å². The topological polar surface area (TPSA) is 66.5 Å². The number of hydrogen-bond donors (Lipinski definition) is 1. The summed E-state index contributed by atoms with van der Waals surface area (Å²) in [6.07, 6.45) is 0. The third-order valence-corrected chi connectivity index (χ3v) is 5.40. The summed E-state index contributed by atoms with van der Waals surface area (Å²) in [5, 5.41) is 3.05. The van der Waals surface area contributed by atoms with Crippen LogP contribution in [0.5, 0.6) is 0 Å². The Labute approximate surface area is 145 Å². The van der Waals surface area contributed by atoms with Gasteiger partial charge in [0.2, 0.25) is 15.9 Å². The molecule has 2 aromatic rings. The number of rotatable bonds is 6. The van der Waals surface area contributed by atoms with Crippen molar-refractivity contribution in [3.63, 3.8) is 0 Å². The molecule has 0 aliphatic rings. The van der Waals surface area contributed by atoms with Gasteiger partial charge < -0.3 is 5.32 Å². The molecule has 0 saturated heterocycles. The zero-order valence-electron chi connectivity index (χ0n) is 12.9. The van der Waals surface area contributed by atoms with Gasteiger partial charge in [0.1, 0.15) is 5.82 Å². The van der Waals surface area contributed by atoms with Gasteiger partial charge in [-0.1, -0.05) is 24.6 Å². The fourth-order valence-corrected chi connectivity index (χ4v) is 3.64. The number of sulfonamides is 1. The summed E-state index contributed by atoms with van der Waals surface area (Å²) in [6, 6.07) is 11.0. The predicted octanol–water partition coefficient (Wildman–Crippen LogP) is 3.13. The third-order valence-electron chi connectivity index (χ3n) is 3.23. The molecule has 8 heteroatoms. The molecule has 5 nitrogen and oxygen atoms in total. The summed E-state index contributed by atoms with van der Waals surface area (Å²) in [4.78, 5) is 12.0. The van der Waals surface area contributed by atoms with Gasteiger partial charge in [-0.25, -0.2) is 12.8 Å². The minimum absolute atomic E-state index is 0.0682. The first kappa shape index (κ1) is 18.4. The normalized spacial score (nSPS) is 11.5. The van der Waals surface area contributed by atoms with E-state index in [9.17, 15) is 17.6 Å². The Morgan fingerprint density at radius 2 is 1.88 bits per heavy atom. The first-order valence-corrected chi connectivity index (χ1v) is 8.96. The lowest BCUT2D eigenvalue weighted by molar-refractivity contribution is -0.116. The number of nitrogens with one attached hydrogen (secondary N) is 1. The van der Waals surface area contributed by atoms with Gasteiger partial charge in [0.05, 0.1) is 11.4 Å². The zero-order valence-corrected chi connectivity index (χ0v) is 14.4. The van der Waals surface area contributed by atoms with Crippen LogP contribution in [0, 0.1) is 5.82 Å². The second-order valence-corrected chi connectivity index (χ2v) is 7.32. The summed E-state index contributed by atoms with van der Waals surface area (Å²) in [6.45, 7) is 1.36. The molecule has 0 aliphatic heterocycles. The molecular weight excluding hydrogens is 355 g/mol. The van der Waals surface area contributed by atoms with Crippen LogP contribution in [0.1, 0.15) is 6.92 Å². The monoisotopic (exact) mass is 370 g/mol. The van der Waals surface area contributed by atoms with Gasteiger partial charge in [0.15, 0.2) is 0 Å². The van der Waals surface area contributed by atoms with Gasteiger partial charge >= 0.3 is 0 Å². The predicted molar refractivity (Wildman–Crippen MR) is 90.9 cm³/mol. The summed E-state index contributed by atoms with van der Waals surface area (Å²) in [5.41, 5.74) is 0.475. The molecule has 24 heavy (non-hydrogen) atoms. The van der Waals surface area contributed by atoms with Gasteiger partial charge in [-0.3, -0.25) is 4.79 Å². The van der Waals surface area contributed by atoms with E-state index in [4.69, 9.17) is 11.6 Å². The first-order valence-electron chi connectivity index (χ1n) is 7.14. The number of anilines is 1. The Kier molecular flexibility index (Phi) is 5.93. The van der Waals surface area contributed by atoms with Crippen LogP contribution in [0.25, 0.3) is 0 Å². The molecule has 0 bridgehead atoms. The Hall–Kier alpha value is -1.96. The molecule has 0 saturated carbocycles. The largest absolute Gasteiger partial charge is 0.325 e. The van der Waals surface area contributed by atoms with Crippen LogP contribution in [0.3, 0.4) is 0 Å². The van der Waals surface area contributed by atoms with Crippen LogP contribution in [-0.2, 0) is 14.8 Å². The molecule has 0 spiro atoms. The van der Waals surface area contributed by atoms with Crippen molar-refractivity contribution in [1.82, 2.24) is 4.31 Å². The van der Waals surface area contributed by atoms with Gasteiger partial charge in [-0.05, 0) is 42.5 Å². The standard InChI is InChI=1S/C16H16ClFN2O3S/c1-2-20(24(22,23)15-8-6-13(18)7-9-15)11-16(21)19-14-5-3-4-12(17)10-14/h3-10H,2,11H2,1H3,(H,19,21). The molecule has 0 fully saturated rings. The molecule has 1 N–H and O–H groups in total. The lowest BCUT2D eigenvalue weighted by Gasteiger charge is -2.20. The maximum absolute atomic E-state index is 13.0. The van der Waals surface area contributed by atoms with Gasteiger partial charge in [0.25, 0.3) is 0 Å². The molecule has 0 heterocycles. The third kappa shape index (κ3) is 4.53. The molecule has 0 radical (unpaired) electrons. The quantitative estimate of drug-likeness (QED) is 0.849. The van der Waals surface area contributed by atoms with Crippen LogP contribution in [0.4, 0.5) is 10.1 Å². The van der Waals surface area contributed by atoms with E-state index >= 15 is 0 Å². The average molecular weight is 371 g/mol. The summed E-state index contributed by atoms with van der Waals surface area (Å²) in [7, 11) is -3.88. The smallest absolute Gasteiger partial charge is 0.243 e. The van der Waals surface area contributed by atoms with E-state index in [0.717, 1.165) is 16.4 Å². The number of halogens is 2. The Morgan fingerprint density at radius 1 is 1.21 bits per heavy atom. The van der Waals surface area contributed by atoms with Crippen LogP contribution < -0.4 is 5.32 Å². The molecule has 0 aromatic heterocycles. The number of likely N-dealkylation sites (N-methyl/N-ethyl adjacent to an activating group) is 1. The van der Waals surface area contributed by atoms with Crippen molar-refractivity contribution in [3.8, 4) is 0 Å². The highest BCUT2D eigenvalue weighted by molar-refractivity contribution is 7.89. The Balaban J connectivity index is 2.13. The molecule has 2 rings (SSSR count). The maximum atomic E-state index is 13.0. The van der Waals surface area contributed by atoms with E-state index in [1.165, 1.54) is 12.1 Å². The van der Waals surface area contributed by atoms with E-state index < -0.39 is 21.7 Å². The fourth-order valence-electron chi connectivity index (χ4n) is 2.05. The molecule has 0 aliphatic carbocycles. The van der Waals surface area contributed by atoms with Crippen molar-refractivity contribution in [2.24, 2.45) is 0 Å². The lowest BCUT2D eigenvalue weighted by Crippen LogP contribution is -2.37. The van der Waals surface area contributed by atoms with Crippen molar-refractivity contribution in [2.45, 2.75) is 11.8 Å². The van der Waals surface area contributed by atoms with Crippen LogP contribution >= 0.6 is 11.6 Å². The summed E-state index contributed by atoms with van der Waals surface area (Å²) < 4.78 is 39.0. The highest BCUT2D eigenvalue weighted by Gasteiger charge is 2.25. The van der Waals surface area contributed by atoms with Crippen LogP contribution in [0.2, 0.25) is 5.02 Å². The second kappa shape index (κ2) is 7.74. The van der Waals surface area contributed by atoms with E-state index in [2.05, 4.69) is 5.32 Å². The minimum Gasteiger partial charge on any atom is -0.325 e. The molecule has 2 aromatic carbocycles. The van der Waals surface area contributed by atoms with Gasteiger partial charge in [0, 0.05) is 17.3 Å². The van der Waals surface area contributed by atoms with Crippen molar-refractivity contribution < 1.29 is 17.6 Å². The lowest BCUT2D eigenvalue weighted by atomic mass is 10.3. The number of carbonyl (C=O) groups is 1. The molecule has 1 amide bonds. The summed E-state index contributed by atoms with van der Waals surface area (Å²) >= 11 is 5.84. The Bertz CT molecular complexity index is 825. The van der Waals surface area contributed by atoms with Crippen molar-refractivity contribution in [1.29, 1.82) is 0 Å². The average Bonchev–Trinajstić information content (AvgIpc) is 2.53. The number of benzene rings is 2. The number of nitrogens with zero attached hydrogens (tertiary/aromatic N) is 1. The number of amides is 1. The van der Waals surface area contributed by atoms with Crippen LogP contribution in [0.15, 0.2) is 53.4 Å². The highest BCUT2D eigenvalue weighted by Crippen LogP contribution is 2.17. The highest BCUT2D eigenvalue weighted by atomic mass is 35.5. The molecule has 128 valence electrons. The van der Waals surface area contributed by atoms with E-state index in [1.54, 1.807) is 31.2 Å². The maximum Gasteiger partial charge on any atom is 0.243 e. The van der Waals surface area contributed by atoms with E-state index in [-0.39, 0.29) is 18.0 Å². The van der Waals surface area contributed by atoms with Crippen LogP contribution in [-0.4, -0.2) is 31.7 Å². The van der Waals surface area contributed by atoms with E-state index in [1.807, 2.05) is 0 Å². The van der Waals surface area contributed by atoms with Crippen molar-refractivity contribution in [2.75, 3.05) is 18.4 Å². The van der Waals surface area contributed by atoms with Gasteiger partial charge in [-0.2, -0.15) is 4.31 Å². The van der Waals surface area contributed by atoms with Gasteiger partial charge in [-0.15, -0.1) is 0 Å². The summed E-state index contributed by atoms with van der Waals surface area (Å²) in [5.74, 6) is -1.03. The SMILES string of the molecule is CCN(CC(=O)Nc1cccc(Cl)c1)S(=O)(=O)c1ccc(F)cc1. The van der Waals surface area contributed by atoms with Crippen molar-refractivity contribution in [3.05, 3.63) is 59.4 Å². The fraction of sp³-hybridized carbons (Fsp3) is 0.188. The number of hydrogen-bond acceptors (Lipinski definition) is 3. The molecular formula is C16H16ClFN2O3S. The number of carbonyl (C=O) groups excluding carboxylic acids is 1. The zero-order chi connectivity index (χ0) is 17.7. The first-order chi connectivity index (χ1) is 11.3. The van der Waals surface area contributed by atoms with E-state index in [0.29, 0.717) is 10.7 Å². The molecule has 0 atom stereocenters. The molecule has 0 unspecified atom stereocenters. The second-order valence-electron chi connectivity index (χ2n) is 4.94. The Morgan fingerprint density at radius 3 is 2.46 bits per heavy atom.